The van der Waals surface area contributed by atoms with Crippen LogP contribution in [0.5, 0.6) is 0 Å². The third kappa shape index (κ3) is 1.55. The van der Waals surface area contributed by atoms with Crippen molar-refractivity contribution in [2.45, 2.75) is 44.6 Å². The van der Waals surface area contributed by atoms with Crippen LogP contribution < -0.4 is 5.32 Å². The number of hydrogen-bond acceptors (Lipinski definition) is 1. The minimum Gasteiger partial charge on any atom is -0.317 e. The molecule has 1 heteroatoms. The lowest BCUT2D eigenvalue weighted by atomic mass is 9.94. The average Bonchev–Trinajstić information content (AvgIpc) is 2.73. The monoisotopic (exact) mass is 219 g/mol. The molecule has 0 spiro atoms. The molecule has 5 atom stereocenters. The van der Waals surface area contributed by atoms with Crippen molar-refractivity contribution in [1.29, 1.82) is 0 Å². The molecule has 3 fully saturated rings. The molecule has 0 aliphatic heterocycles. The van der Waals surface area contributed by atoms with Crippen LogP contribution in [0.3, 0.4) is 0 Å². The first kappa shape index (κ1) is 10.8. The van der Waals surface area contributed by atoms with Crippen molar-refractivity contribution >= 4 is 0 Å². The molecule has 90 valence electrons. The molecule has 0 aromatic carbocycles. The molecule has 5 unspecified atom stereocenters. The van der Waals surface area contributed by atoms with Crippen molar-refractivity contribution < 1.29 is 0 Å². The van der Waals surface area contributed by atoms with Gasteiger partial charge in [0.1, 0.15) is 0 Å². The van der Waals surface area contributed by atoms with Crippen LogP contribution >= 0.6 is 0 Å². The molecule has 1 nitrogen and oxygen atoms in total. The smallest absolute Gasteiger partial charge is 0.00981 e. The van der Waals surface area contributed by atoms with E-state index in [1.54, 1.807) is 19.3 Å². The summed E-state index contributed by atoms with van der Waals surface area (Å²) in [5.41, 5.74) is 0. The zero-order chi connectivity index (χ0) is 11.1. The van der Waals surface area contributed by atoms with Crippen LogP contribution in [0.4, 0.5) is 0 Å². The summed E-state index contributed by atoms with van der Waals surface area (Å²) in [4.78, 5) is 0. The van der Waals surface area contributed by atoms with E-state index in [2.05, 4.69) is 25.0 Å². The van der Waals surface area contributed by atoms with Gasteiger partial charge in [-0.15, -0.1) is 6.58 Å². The molecule has 0 radical (unpaired) electrons. The summed E-state index contributed by atoms with van der Waals surface area (Å²) in [5.74, 6) is 5.53. The molecule has 0 amide bonds. The fourth-order valence-corrected chi connectivity index (χ4v) is 4.94. The number of rotatable bonds is 6. The Bertz CT molecular complexity index is 257. The van der Waals surface area contributed by atoms with Crippen LogP contribution in [0.25, 0.3) is 0 Å². The fraction of sp³-hybridized carbons (Fsp3) is 0.867. The minimum atomic E-state index is 0.804. The minimum absolute atomic E-state index is 0.804. The maximum absolute atomic E-state index is 3.81. The molecule has 0 aromatic heterocycles. The third-order valence-electron chi connectivity index (χ3n) is 5.55. The van der Waals surface area contributed by atoms with Crippen molar-refractivity contribution in [1.82, 2.24) is 5.32 Å². The standard InChI is InChI=1S/C15H25N/c1-3-4-5-6-12(16-2)15-13-10-7-8-11(9-10)14(13)15/h3,10-16H,1,4-9H2,2H3. The largest absolute Gasteiger partial charge is 0.317 e. The second kappa shape index (κ2) is 4.18. The molecule has 0 saturated heterocycles. The molecule has 1 N–H and O–H groups in total. The maximum Gasteiger partial charge on any atom is 0.00981 e. The molecule has 3 aliphatic rings. The van der Waals surface area contributed by atoms with E-state index in [4.69, 9.17) is 0 Å². The normalized spacial score (nSPS) is 45.4. The molecular formula is C15H25N. The summed E-state index contributed by atoms with van der Waals surface area (Å²) in [5, 5.41) is 3.59. The molecular weight excluding hydrogens is 194 g/mol. The average molecular weight is 219 g/mol. The number of fused-ring (bicyclic) bond motifs is 5. The maximum atomic E-state index is 3.81. The Hall–Kier alpha value is -0.300. The Morgan fingerprint density at radius 3 is 2.56 bits per heavy atom. The third-order valence-corrected chi connectivity index (χ3v) is 5.55. The van der Waals surface area contributed by atoms with E-state index in [9.17, 15) is 0 Å². The number of allylic oxidation sites excluding steroid dienone is 1. The number of nitrogens with one attached hydrogen (secondary N) is 1. The van der Waals surface area contributed by atoms with Crippen LogP contribution in [-0.2, 0) is 0 Å². The van der Waals surface area contributed by atoms with Crippen LogP contribution in [0.2, 0.25) is 0 Å². The van der Waals surface area contributed by atoms with E-state index in [-0.39, 0.29) is 0 Å². The Morgan fingerprint density at radius 1 is 1.31 bits per heavy atom. The van der Waals surface area contributed by atoms with Crippen molar-refractivity contribution in [3.63, 3.8) is 0 Å². The van der Waals surface area contributed by atoms with Gasteiger partial charge in [-0.2, -0.15) is 0 Å². The van der Waals surface area contributed by atoms with Gasteiger partial charge in [-0.25, -0.2) is 0 Å². The Balaban J connectivity index is 1.55. The first-order valence-corrected chi connectivity index (χ1v) is 7.15. The first-order chi connectivity index (χ1) is 7.86. The van der Waals surface area contributed by atoms with Gasteiger partial charge >= 0.3 is 0 Å². The Morgan fingerprint density at radius 2 is 2.00 bits per heavy atom. The summed E-state index contributed by atoms with van der Waals surface area (Å²) < 4.78 is 0. The van der Waals surface area contributed by atoms with Gasteiger partial charge in [-0.05, 0) is 75.2 Å². The SMILES string of the molecule is C=CCCCC(NC)C1C2C3CCC(C3)C21. The first-order valence-electron chi connectivity index (χ1n) is 7.15. The molecule has 3 rings (SSSR count). The van der Waals surface area contributed by atoms with Crippen LogP contribution in [0.1, 0.15) is 38.5 Å². The van der Waals surface area contributed by atoms with Gasteiger partial charge in [0.2, 0.25) is 0 Å². The number of unbranched alkanes of at least 4 members (excludes halogenated alkanes) is 1. The highest BCUT2D eigenvalue weighted by atomic mass is 14.9. The molecule has 0 aromatic rings. The van der Waals surface area contributed by atoms with Crippen molar-refractivity contribution in [2.75, 3.05) is 7.05 Å². The van der Waals surface area contributed by atoms with Gasteiger partial charge in [0, 0.05) is 6.04 Å². The lowest BCUT2D eigenvalue weighted by Gasteiger charge is -2.19. The summed E-state index contributed by atoms with van der Waals surface area (Å²) in [6, 6.07) is 0.804. The Labute approximate surface area is 99.7 Å². The van der Waals surface area contributed by atoms with Gasteiger partial charge in [-0.3, -0.25) is 0 Å². The van der Waals surface area contributed by atoms with Crippen molar-refractivity contribution in [2.24, 2.45) is 29.6 Å². The second-order valence-corrected chi connectivity index (χ2v) is 6.18. The van der Waals surface area contributed by atoms with Gasteiger partial charge in [0.25, 0.3) is 0 Å². The number of hydrogen-bond donors (Lipinski definition) is 1. The molecule has 3 aliphatic carbocycles. The van der Waals surface area contributed by atoms with E-state index >= 15 is 0 Å². The molecule has 0 heterocycles. The lowest BCUT2D eigenvalue weighted by Crippen LogP contribution is -2.30. The van der Waals surface area contributed by atoms with Crippen LogP contribution in [-0.4, -0.2) is 13.1 Å². The molecule has 2 bridgehead atoms. The van der Waals surface area contributed by atoms with Crippen LogP contribution in [0.15, 0.2) is 12.7 Å². The van der Waals surface area contributed by atoms with Crippen molar-refractivity contribution in [3.8, 4) is 0 Å². The highest BCUT2D eigenvalue weighted by molar-refractivity contribution is 5.15. The summed E-state index contributed by atoms with van der Waals surface area (Å²) in [7, 11) is 2.16. The van der Waals surface area contributed by atoms with Gasteiger partial charge in [-0.1, -0.05) is 6.08 Å². The van der Waals surface area contributed by atoms with Gasteiger partial charge < -0.3 is 5.32 Å². The predicted octanol–water partition coefficient (Wildman–Crippen LogP) is 3.22. The van der Waals surface area contributed by atoms with E-state index < -0.39 is 0 Å². The highest BCUT2D eigenvalue weighted by Crippen LogP contribution is 2.70. The predicted molar refractivity (Wildman–Crippen MR) is 68.2 cm³/mol. The summed E-state index contributed by atoms with van der Waals surface area (Å²) in [6.07, 6.45) is 10.6. The second-order valence-electron chi connectivity index (χ2n) is 6.18. The quantitative estimate of drug-likeness (QED) is 0.534. The van der Waals surface area contributed by atoms with E-state index in [1.165, 1.54) is 19.3 Å². The fourth-order valence-electron chi connectivity index (χ4n) is 4.94. The van der Waals surface area contributed by atoms with E-state index in [0.717, 1.165) is 35.6 Å². The van der Waals surface area contributed by atoms with Crippen LogP contribution in [0, 0.1) is 29.6 Å². The summed E-state index contributed by atoms with van der Waals surface area (Å²) >= 11 is 0. The van der Waals surface area contributed by atoms with Gasteiger partial charge in [0.05, 0.1) is 0 Å². The molecule has 16 heavy (non-hydrogen) atoms. The van der Waals surface area contributed by atoms with E-state index in [1.807, 2.05) is 0 Å². The summed E-state index contributed by atoms with van der Waals surface area (Å²) in [6.45, 7) is 3.81. The van der Waals surface area contributed by atoms with E-state index in [0.29, 0.717) is 0 Å². The topological polar surface area (TPSA) is 12.0 Å². The Kier molecular flexibility index (Phi) is 2.83. The zero-order valence-corrected chi connectivity index (χ0v) is 10.5. The molecule has 3 saturated carbocycles. The zero-order valence-electron chi connectivity index (χ0n) is 10.5. The van der Waals surface area contributed by atoms with Crippen molar-refractivity contribution in [3.05, 3.63) is 12.7 Å². The van der Waals surface area contributed by atoms with Gasteiger partial charge in [0.15, 0.2) is 0 Å². The lowest BCUT2D eigenvalue weighted by molar-refractivity contribution is 0.359. The highest BCUT2D eigenvalue weighted by Gasteiger charge is 2.66.